The molecule has 0 aliphatic carbocycles. The van der Waals surface area contributed by atoms with E-state index in [2.05, 4.69) is 23.7 Å². The minimum absolute atomic E-state index is 0.296. The monoisotopic (exact) mass is 293 g/mol. The topological polar surface area (TPSA) is 57.8 Å². The molecule has 108 valence electrons. The van der Waals surface area contributed by atoms with Crippen molar-refractivity contribution in [1.29, 1.82) is 0 Å². The molecule has 6 heteroatoms. The summed E-state index contributed by atoms with van der Waals surface area (Å²) >= 11 is 1.47. The number of carboxylic acid groups (broad SMARTS) is 1. The Balaban J connectivity index is 1.89. The third-order valence-corrected chi connectivity index (χ3v) is 4.98. The second kappa shape index (κ2) is 5.09. The van der Waals surface area contributed by atoms with E-state index in [9.17, 15) is 9.90 Å². The van der Waals surface area contributed by atoms with Gasteiger partial charge in [-0.3, -0.25) is 4.40 Å². The fraction of sp³-hybridized carbons (Fsp3) is 0.571. The van der Waals surface area contributed by atoms with Crippen LogP contribution in [0.2, 0.25) is 0 Å². The van der Waals surface area contributed by atoms with Gasteiger partial charge in [-0.2, -0.15) is 0 Å². The van der Waals surface area contributed by atoms with Gasteiger partial charge in [-0.25, -0.2) is 9.78 Å². The van der Waals surface area contributed by atoms with Crippen LogP contribution < -0.4 is 4.90 Å². The van der Waals surface area contributed by atoms with Crippen LogP contribution >= 0.6 is 11.3 Å². The fourth-order valence-corrected chi connectivity index (χ4v) is 3.68. The first-order valence-corrected chi connectivity index (χ1v) is 7.89. The number of aromatic carboxylic acids is 1. The summed E-state index contributed by atoms with van der Waals surface area (Å²) in [6.45, 7) is 6.31. The normalized spacial score (nSPS) is 17.2. The summed E-state index contributed by atoms with van der Waals surface area (Å²) in [4.78, 5) is 18.9. The Hall–Kier alpha value is -1.56. The largest absolute Gasteiger partial charge is 0.476 e. The van der Waals surface area contributed by atoms with Gasteiger partial charge in [0.15, 0.2) is 16.5 Å². The lowest BCUT2D eigenvalue weighted by atomic mass is 9.87. The van der Waals surface area contributed by atoms with Crippen molar-refractivity contribution in [2.75, 3.05) is 18.0 Å². The third-order valence-electron chi connectivity index (χ3n) is 4.23. The van der Waals surface area contributed by atoms with E-state index in [1.807, 2.05) is 5.38 Å². The van der Waals surface area contributed by atoms with Gasteiger partial charge in [0.1, 0.15) is 0 Å². The summed E-state index contributed by atoms with van der Waals surface area (Å²) in [5.41, 5.74) is 0.296. The van der Waals surface area contributed by atoms with Crippen LogP contribution in [-0.2, 0) is 0 Å². The van der Waals surface area contributed by atoms with E-state index in [0.29, 0.717) is 17.4 Å². The Morgan fingerprint density at radius 1 is 1.45 bits per heavy atom. The molecule has 2 aromatic heterocycles. The van der Waals surface area contributed by atoms with Gasteiger partial charge in [-0.05, 0) is 24.7 Å². The number of hydrogen-bond donors (Lipinski definition) is 1. The highest BCUT2D eigenvalue weighted by molar-refractivity contribution is 7.15. The summed E-state index contributed by atoms with van der Waals surface area (Å²) < 4.78 is 1.68. The average molecular weight is 293 g/mol. The van der Waals surface area contributed by atoms with Crippen molar-refractivity contribution in [3.05, 3.63) is 17.3 Å². The van der Waals surface area contributed by atoms with E-state index in [0.717, 1.165) is 36.8 Å². The summed E-state index contributed by atoms with van der Waals surface area (Å²) in [5.74, 6) is 1.16. The van der Waals surface area contributed by atoms with E-state index < -0.39 is 5.97 Å². The third kappa shape index (κ3) is 2.18. The zero-order valence-corrected chi connectivity index (χ0v) is 12.6. The summed E-state index contributed by atoms with van der Waals surface area (Å²) in [6.07, 6.45) is 4.00. The molecule has 1 saturated heterocycles. The molecule has 1 fully saturated rings. The highest BCUT2D eigenvalue weighted by Crippen LogP contribution is 2.30. The Labute approximate surface area is 121 Å². The summed E-state index contributed by atoms with van der Waals surface area (Å²) in [7, 11) is 0. The van der Waals surface area contributed by atoms with Crippen LogP contribution in [0.5, 0.6) is 0 Å². The van der Waals surface area contributed by atoms with Crippen molar-refractivity contribution in [1.82, 2.24) is 9.38 Å². The Morgan fingerprint density at radius 2 is 2.15 bits per heavy atom. The minimum Gasteiger partial charge on any atom is -0.476 e. The van der Waals surface area contributed by atoms with Gasteiger partial charge >= 0.3 is 5.97 Å². The maximum Gasteiger partial charge on any atom is 0.356 e. The molecule has 0 amide bonds. The van der Waals surface area contributed by atoms with Crippen LogP contribution in [0.3, 0.4) is 0 Å². The lowest BCUT2D eigenvalue weighted by Crippen LogP contribution is -2.36. The number of piperidine rings is 1. The molecule has 3 rings (SSSR count). The predicted octanol–water partition coefficient (Wildman–Crippen LogP) is 2.97. The molecular weight excluding hydrogens is 274 g/mol. The summed E-state index contributed by atoms with van der Waals surface area (Å²) in [5, 5.41) is 11.3. The van der Waals surface area contributed by atoms with Gasteiger partial charge in [0.2, 0.25) is 0 Å². The number of thiazole rings is 1. The lowest BCUT2D eigenvalue weighted by Gasteiger charge is -2.34. The number of rotatable bonds is 3. The van der Waals surface area contributed by atoms with Crippen molar-refractivity contribution >= 4 is 28.1 Å². The van der Waals surface area contributed by atoms with Gasteiger partial charge in [-0.1, -0.05) is 13.8 Å². The van der Waals surface area contributed by atoms with Crippen LogP contribution in [0, 0.1) is 11.8 Å². The number of nitrogens with zero attached hydrogens (tertiary/aromatic N) is 3. The molecule has 1 aliphatic heterocycles. The van der Waals surface area contributed by atoms with E-state index in [1.54, 1.807) is 10.6 Å². The van der Waals surface area contributed by atoms with E-state index in [1.165, 1.54) is 11.3 Å². The summed E-state index contributed by atoms with van der Waals surface area (Å²) in [6, 6.07) is 0. The Bertz CT molecular complexity index is 623. The molecule has 2 aromatic rings. The molecule has 0 spiro atoms. The van der Waals surface area contributed by atoms with Crippen LogP contribution in [0.4, 0.5) is 5.82 Å². The van der Waals surface area contributed by atoms with Crippen LogP contribution in [0.1, 0.15) is 37.2 Å². The molecule has 20 heavy (non-hydrogen) atoms. The SMILES string of the molecule is CC(C)C1CCN(c2nc3sccn3c2C(=O)O)CC1. The second-order valence-corrected chi connectivity index (χ2v) is 6.59. The van der Waals surface area contributed by atoms with E-state index in [4.69, 9.17) is 0 Å². The molecule has 0 radical (unpaired) electrons. The van der Waals surface area contributed by atoms with Gasteiger partial charge < -0.3 is 10.0 Å². The molecule has 1 aliphatic rings. The van der Waals surface area contributed by atoms with Gasteiger partial charge in [0.25, 0.3) is 0 Å². The number of hydrogen-bond acceptors (Lipinski definition) is 4. The van der Waals surface area contributed by atoms with Crippen molar-refractivity contribution in [2.24, 2.45) is 11.8 Å². The van der Waals surface area contributed by atoms with Gasteiger partial charge in [0.05, 0.1) is 0 Å². The molecule has 5 nitrogen and oxygen atoms in total. The van der Waals surface area contributed by atoms with Gasteiger partial charge in [0, 0.05) is 24.7 Å². The molecule has 1 N–H and O–H groups in total. The molecule has 3 heterocycles. The first kappa shape index (κ1) is 13.4. The molecular formula is C14H19N3O2S. The first-order chi connectivity index (χ1) is 9.58. The Morgan fingerprint density at radius 3 is 2.75 bits per heavy atom. The second-order valence-electron chi connectivity index (χ2n) is 5.71. The maximum atomic E-state index is 11.5. The smallest absolute Gasteiger partial charge is 0.356 e. The minimum atomic E-state index is -0.906. The van der Waals surface area contributed by atoms with Crippen molar-refractivity contribution < 1.29 is 9.90 Å². The number of carbonyl (C=O) groups is 1. The van der Waals surface area contributed by atoms with Gasteiger partial charge in [-0.15, -0.1) is 11.3 Å². The van der Waals surface area contributed by atoms with E-state index >= 15 is 0 Å². The van der Waals surface area contributed by atoms with Crippen molar-refractivity contribution in [3.63, 3.8) is 0 Å². The quantitative estimate of drug-likeness (QED) is 0.945. The molecule has 0 saturated carbocycles. The predicted molar refractivity (Wildman–Crippen MR) is 79.8 cm³/mol. The standard InChI is InChI=1S/C14H19N3O2S/c1-9(2)10-3-5-16(6-4-10)12-11(13(18)19)17-7-8-20-14(17)15-12/h7-10H,3-6H2,1-2H3,(H,18,19). The fourth-order valence-electron chi connectivity index (χ4n) is 2.97. The molecule has 0 bridgehead atoms. The molecule has 0 atom stereocenters. The highest BCUT2D eigenvalue weighted by atomic mass is 32.1. The number of anilines is 1. The van der Waals surface area contributed by atoms with Crippen molar-refractivity contribution in [3.8, 4) is 0 Å². The zero-order chi connectivity index (χ0) is 14.3. The highest BCUT2D eigenvalue weighted by Gasteiger charge is 2.28. The molecule has 0 aromatic carbocycles. The average Bonchev–Trinajstić information content (AvgIpc) is 2.97. The van der Waals surface area contributed by atoms with E-state index in [-0.39, 0.29) is 0 Å². The number of fused-ring (bicyclic) bond motifs is 1. The number of aromatic nitrogens is 2. The van der Waals surface area contributed by atoms with Crippen LogP contribution in [0.15, 0.2) is 11.6 Å². The number of carboxylic acids is 1. The maximum absolute atomic E-state index is 11.5. The zero-order valence-electron chi connectivity index (χ0n) is 11.7. The lowest BCUT2D eigenvalue weighted by molar-refractivity contribution is 0.0690. The Kier molecular flexibility index (Phi) is 3.41. The van der Waals surface area contributed by atoms with Crippen molar-refractivity contribution in [2.45, 2.75) is 26.7 Å². The first-order valence-electron chi connectivity index (χ1n) is 7.01. The van der Waals surface area contributed by atoms with Crippen LogP contribution in [0.25, 0.3) is 4.96 Å². The number of imidazole rings is 1. The van der Waals surface area contributed by atoms with Crippen LogP contribution in [-0.4, -0.2) is 33.6 Å². The molecule has 0 unspecified atom stereocenters.